The third kappa shape index (κ3) is 2.89. The van der Waals surface area contributed by atoms with Crippen molar-refractivity contribution in [2.45, 2.75) is 25.5 Å². The lowest BCUT2D eigenvalue weighted by Crippen LogP contribution is -2.45. The van der Waals surface area contributed by atoms with E-state index in [1.165, 1.54) is 0 Å². The molecule has 1 aliphatic heterocycles. The Morgan fingerprint density at radius 1 is 1.50 bits per heavy atom. The lowest BCUT2D eigenvalue weighted by Gasteiger charge is -2.31. The third-order valence-corrected chi connectivity index (χ3v) is 3.29. The minimum Gasteiger partial charge on any atom is -0.380 e. The van der Waals surface area contributed by atoms with Gasteiger partial charge in [0.25, 0.3) is 5.91 Å². The minimum absolute atomic E-state index is 0.0674. The molecule has 1 fully saturated rings. The van der Waals surface area contributed by atoms with Crippen molar-refractivity contribution in [3.63, 3.8) is 0 Å². The second-order valence-corrected chi connectivity index (χ2v) is 4.74. The number of amides is 1. The van der Waals surface area contributed by atoms with Gasteiger partial charge in [0.15, 0.2) is 0 Å². The maximum Gasteiger partial charge on any atom is 0.254 e. The third-order valence-electron chi connectivity index (χ3n) is 3.29. The average Bonchev–Trinajstić information content (AvgIpc) is 2.39. The van der Waals surface area contributed by atoms with E-state index in [1.54, 1.807) is 7.11 Å². The number of hydrogen-bond donors (Lipinski definition) is 1. The molecule has 1 aromatic carbocycles. The van der Waals surface area contributed by atoms with Crippen LogP contribution in [0.1, 0.15) is 28.8 Å². The van der Waals surface area contributed by atoms with Crippen molar-refractivity contribution >= 4 is 5.91 Å². The standard InChI is InChI=1S/C14H20N2O2/c1-18-10-11-5-2-3-7-13(11)14(17)16-8-4-6-12(15)9-16/h2-3,5,7,12H,4,6,8-10,15H2,1H3. The van der Waals surface area contributed by atoms with E-state index in [0.29, 0.717) is 13.2 Å². The fourth-order valence-corrected chi connectivity index (χ4v) is 2.38. The molecule has 1 atom stereocenters. The second kappa shape index (κ2) is 5.98. The molecule has 0 radical (unpaired) electrons. The summed E-state index contributed by atoms with van der Waals surface area (Å²) in [4.78, 5) is 14.3. The summed E-state index contributed by atoms with van der Waals surface area (Å²) in [6.07, 6.45) is 1.99. The Kier molecular flexibility index (Phi) is 4.33. The van der Waals surface area contributed by atoms with E-state index < -0.39 is 0 Å². The first kappa shape index (κ1) is 13.1. The van der Waals surface area contributed by atoms with Crippen molar-refractivity contribution in [3.05, 3.63) is 35.4 Å². The molecular formula is C14H20N2O2. The summed E-state index contributed by atoms with van der Waals surface area (Å²) < 4.78 is 5.13. The van der Waals surface area contributed by atoms with Gasteiger partial charge in [0, 0.05) is 31.8 Å². The van der Waals surface area contributed by atoms with Crippen LogP contribution in [0, 0.1) is 0 Å². The van der Waals surface area contributed by atoms with E-state index in [2.05, 4.69) is 0 Å². The molecule has 0 aromatic heterocycles. The zero-order valence-corrected chi connectivity index (χ0v) is 10.8. The molecule has 0 aliphatic carbocycles. The summed E-state index contributed by atoms with van der Waals surface area (Å²) in [6.45, 7) is 1.91. The molecule has 98 valence electrons. The van der Waals surface area contributed by atoms with Crippen molar-refractivity contribution < 1.29 is 9.53 Å². The van der Waals surface area contributed by atoms with Gasteiger partial charge in [-0.2, -0.15) is 0 Å². The molecule has 1 amide bonds. The molecule has 1 unspecified atom stereocenters. The summed E-state index contributed by atoms with van der Waals surface area (Å²) in [5.74, 6) is 0.0674. The molecular weight excluding hydrogens is 228 g/mol. The second-order valence-electron chi connectivity index (χ2n) is 4.74. The zero-order valence-electron chi connectivity index (χ0n) is 10.8. The van der Waals surface area contributed by atoms with Gasteiger partial charge in [-0.15, -0.1) is 0 Å². The van der Waals surface area contributed by atoms with Gasteiger partial charge in [0.05, 0.1) is 6.61 Å². The normalized spacial score (nSPS) is 19.9. The summed E-state index contributed by atoms with van der Waals surface area (Å²) in [6, 6.07) is 7.71. The number of benzene rings is 1. The van der Waals surface area contributed by atoms with Crippen molar-refractivity contribution in [2.75, 3.05) is 20.2 Å². The first-order chi connectivity index (χ1) is 8.72. The molecule has 1 aromatic rings. The molecule has 1 aliphatic rings. The van der Waals surface area contributed by atoms with Crippen LogP contribution in [0.25, 0.3) is 0 Å². The van der Waals surface area contributed by atoms with E-state index in [9.17, 15) is 4.79 Å². The highest BCUT2D eigenvalue weighted by Gasteiger charge is 2.23. The Hall–Kier alpha value is -1.39. The van der Waals surface area contributed by atoms with Crippen molar-refractivity contribution in [1.82, 2.24) is 4.90 Å². The van der Waals surface area contributed by atoms with Gasteiger partial charge >= 0.3 is 0 Å². The summed E-state index contributed by atoms with van der Waals surface area (Å²) in [5.41, 5.74) is 7.58. The molecule has 1 heterocycles. The van der Waals surface area contributed by atoms with Crippen molar-refractivity contribution in [3.8, 4) is 0 Å². The van der Waals surface area contributed by atoms with Gasteiger partial charge in [-0.05, 0) is 24.5 Å². The molecule has 0 saturated carbocycles. The number of methoxy groups -OCH3 is 1. The Labute approximate surface area is 108 Å². The van der Waals surface area contributed by atoms with Crippen molar-refractivity contribution in [2.24, 2.45) is 5.73 Å². The van der Waals surface area contributed by atoms with Crippen LogP contribution in [-0.4, -0.2) is 37.0 Å². The van der Waals surface area contributed by atoms with Gasteiger partial charge in [0.1, 0.15) is 0 Å². The largest absolute Gasteiger partial charge is 0.380 e. The number of piperidine rings is 1. The lowest BCUT2D eigenvalue weighted by atomic mass is 10.0. The highest BCUT2D eigenvalue weighted by atomic mass is 16.5. The maximum atomic E-state index is 12.5. The Bertz CT molecular complexity index is 420. The number of carbonyl (C=O) groups is 1. The van der Waals surface area contributed by atoms with Gasteiger partial charge < -0.3 is 15.4 Å². The van der Waals surface area contributed by atoms with Crippen LogP contribution in [-0.2, 0) is 11.3 Å². The summed E-state index contributed by atoms with van der Waals surface area (Å²) in [7, 11) is 1.64. The lowest BCUT2D eigenvalue weighted by molar-refractivity contribution is 0.0704. The summed E-state index contributed by atoms with van der Waals surface area (Å²) >= 11 is 0. The minimum atomic E-state index is 0.0674. The zero-order chi connectivity index (χ0) is 13.0. The first-order valence-electron chi connectivity index (χ1n) is 6.34. The Morgan fingerprint density at radius 2 is 2.28 bits per heavy atom. The van der Waals surface area contributed by atoms with Gasteiger partial charge in [-0.3, -0.25) is 4.79 Å². The van der Waals surface area contributed by atoms with Crippen LogP contribution in [0.2, 0.25) is 0 Å². The number of carbonyl (C=O) groups excluding carboxylic acids is 1. The monoisotopic (exact) mass is 248 g/mol. The fourth-order valence-electron chi connectivity index (χ4n) is 2.38. The fraction of sp³-hybridized carbons (Fsp3) is 0.500. The molecule has 2 N–H and O–H groups in total. The topological polar surface area (TPSA) is 55.6 Å². The average molecular weight is 248 g/mol. The molecule has 0 spiro atoms. The van der Waals surface area contributed by atoms with Crippen LogP contribution in [0.15, 0.2) is 24.3 Å². The predicted octanol–water partition coefficient (Wildman–Crippen LogP) is 1.40. The number of likely N-dealkylation sites (tertiary alicyclic amines) is 1. The van der Waals surface area contributed by atoms with E-state index >= 15 is 0 Å². The van der Waals surface area contributed by atoms with Crippen LogP contribution in [0.4, 0.5) is 0 Å². The molecule has 18 heavy (non-hydrogen) atoms. The number of hydrogen-bond acceptors (Lipinski definition) is 3. The molecule has 4 nitrogen and oxygen atoms in total. The quantitative estimate of drug-likeness (QED) is 0.879. The Balaban J connectivity index is 2.17. The SMILES string of the molecule is COCc1ccccc1C(=O)N1CCCC(N)C1. The predicted molar refractivity (Wildman–Crippen MR) is 70.3 cm³/mol. The molecule has 2 rings (SSSR count). The van der Waals surface area contributed by atoms with Crippen LogP contribution in [0.3, 0.4) is 0 Å². The van der Waals surface area contributed by atoms with E-state index in [1.807, 2.05) is 29.2 Å². The first-order valence-corrected chi connectivity index (χ1v) is 6.34. The van der Waals surface area contributed by atoms with E-state index in [0.717, 1.165) is 30.5 Å². The highest BCUT2D eigenvalue weighted by molar-refractivity contribution is 5.95. The van der Waals surface area contributed by atoms with Crippen LogP contribution in [0.5, 0.6) is 0 Å². The number of nitrogens with two attached hydrogens (primary N) is 1. The van der Waals surface area contributed by atoms with Crippen LogP contribution >= 0.6 is 0 Å². The Morgan fingerprint density at radius 3 is 3.00 bits per heavy atom. The molecule has 1 saturated heterocycles. The number of nitrogens with zero attached hydrogens (tertiary/aromatic N) is 1. The number of ether oxygens (including phenoxy) is 1. The number of rotatable bonds is 3. The molecule has 4 heteroatoms. The smallest absolute Gasteiger partial charge is 0.254 e. The van der Waals surface area contributed by atoms with E-state index in [4.69, 9.17) is 10.5 Å². The van der Waals surface area contributed by atoms with Gasteiger partial charge in [-0.1, -0.05) is 18.2 Å². The van der Waals surface area contributed by atoms with E-state index in [-0.39, 0.29) is 11.9 Å². The van der Waals surface area contributed by atoms with Gasteiger partial charge in [0.2, 0.25) is 0 Å². The van der Waals surface area contributed by atoms with Crippen LogP contribution < -0.4 is 5.73 Å². The molecule has 0 bridgehead atoms. The van der Waals surface area contributed by atoms with Crippen molar-refractivity contribution in [1.29, 1.82) is 0 Å². The summed E-state index contributed by atoms with van der Waals surface area (Å²) in [5, 5.41) is 0. The highest BCUT2D eigenvalue weighted by Crippen LogP contribution is 2.16. The van der Waals surface area contributed by atoms with Gasteiger partial charge in [-0.25, -0.2) is 0 Å². The maximum absolute atomic E-state index is 12.5.